The summed E-state index contributed by atoms with van der Waals surface area (Å²) >= 11 is 0. The van der Waals surface area contributed by atoms with Crippen LogP contribution in [0.25, 0.3) is 6.08 Å². The van der Waals surface area contributed by atoms with Crippen molar-refractivity contribution < 1.29 is 19.1 Å². The lowest BCUT2D eigenvalue weighted by molar-refractivity contribution is -0.149. The predicted octanol–water partition coefficient (Wildman–Crippen LogP) is 6.08. The van der Waals surface area contributed by atoms with Crippen LogP contribution in [-0.4, -0.2) is 42.0 Å². The minimum absolute atomic E-state index is 0.0166. The summed E-state index contributed by atoms with van der Waals surface area (Å²) in [6.45, 7) is 5.80. The van der Waals surface area contributed by atoms with E-state index in [4.69, 9.17) is 9.47 Å². The van der Waals surface area contributed by atoms with Crippen molar-refractivity contribution in [2.75, 3.05) is 13.2 Å². The molecule has 0 bridgehead atoms. The van der Waals surface area contributed by atoms with Gasteiger partial charge in [-0.1, -0.05) is 60.5 Å². The van der Waals surface area contributed by atoms with Gasteiger partial charge in [-0.2, -0.15) is 0 Å². The molecule has 1 aliphatic carbocycles. The predicted molar refractivity (Wildman–Crippen MR) is 157 cm³/mol. The quantitative estimate of drug-likeness (QED) is 0.336. The highest BCUT2D eigenvalue weighted by Crippen LogP contribution is 2.34. The first-order valence-electron chi connectivity index (χ1n) is 14.3. The number of aryl methyl sites for hydroxylation is 1. The van der Waals surface area contributed by atoms with Gasteiger partial charge in [0.25, 0.3) is 11.8 Å². The van der Waals surface area contributed by atoms with Gasteiger partial charge in [-0.25, -0.2) is 0 Å². The number of nitrogens with zero attached hydrogens (tertiary/aromatic N) is 1. The minimum Gasteiger partial charge on any atom is -0.494 e. The number of rotatable bonds is 9. The molecule has 208 valence electrons. The van der Waals surface area contributed by atoms with Crippen LogP contribution in [0.4, 0.5) is 0 Å². The van der Waals surface area contributed by atoms with E-state index in [1.54, 1.807) is 12.1 Å². The van der Waals surface area contributed by atoms with Crippen LogP contribution in [0.5, 0.6) is 5.75 Å². The fraction of sp³-hybridized carbons (Fsp3) is 0.353. The fourth-order valence-corrected chi connectivity index (χ4v) is 5.59. The Hall–Kier alpha value is -4.06. The Morgan fingerprint density at radius 2 is 1.80 bits per heavy atom. The third-order valence-electron chi connectivity index (χ3n) is 7.66. The number of hydrogen-bond acceptors (Lipinski definition) is 4. The molecule has 1 heterocycles. The highest BCUT2D eigenvalue weighted by molar-refractivity contribution is 5.97. The average molecular weight is 539 g/mol. The molecule has 1 saturated heterocycles. The van der Waals surface area contributed by atoms with Gasteiger partial charge in [0.1, 0.15) is 11.9 Å². The molecule has 2 aliphatic rings. The van der Waals surface area contributed by atoms with E-state index in [9.17, 15) is 9.59 Å². The van der Waals surface area contributed by atoms with Gasteiger partial charge in [0.05, 0.1) is 12.6 Å². The second kappa shape index (κ2) is 12.9. The molecule has 6 nitrogen and oxygen atoms in total. The first kappa shape index (κ1) is 27.5. The Kier molecular flexibility index (Phi) is 8.84. The van der Waals surface area contributed by atoms with E-state index in [0.29, 0.717) is 31.0 Å². The maximum Gasteiger partial charge on any atom is 0.289 e. The third kappa shape index (κ3) is 6.74. The zero-order valence-electron chi connectivity index (χ0n) is 23.4. The number of nitrogens with one attached hydrogen (secondary N) is 1. The molecule has 0 spiro atoms. The van der Waals surface area contributed by atoms with Gasteiger partial charge in [0.2, 0.25) is 0 Å². The molecular weight excluding hydrogens is 500 g/mol. The van der Waals surface area contributed by atoms with Crippen LogP contribution >= 0.6 is 0 Å². The minimum atomic E-state index is -0.121. The summed E-state index contributed by atoms with van der Waals surface area (Å²) < 4.78 is 11.8. The maximum absolute atomic E-state index is 13.6. The molecule has 40 heavy (non-hydrogen) atoms. The van der Waals surface area contributed by atoms with Gasteiger partial charge in [-0.05, 0) is 86.6 Å². The van der Waals surface area contributed by atoms with Gasteiger partial charge in [0, 0.05) is 18.7 Å². The van der Waals surface area contributed by atoms with E-state index in [-0.39, 0.29) is 24.0 Å². The lowest BCUT2D eigenvalue weighted by Crippen LogP contribution is -2.54. The van der Waals surface area contributed by atoms with Crippen LogP contribution in [0.1, 0.15) is 65.2 Å². The summed E-state index contributed by atoms with van der Waals surface area (Å²) in [6.07, 6.45) is 6.72. The second-order valence-electron chi connectivity index (χ2n) is 10.6. The molecule has 2 atom stereocenters. The summed E-state index contributed by atoms with van der Waals surface area (Å²) in [5.74, 6) is 1.04. The average Bonchev–Trinajstić information content (AvgIpc) is 2.97. The van der Waals surface area contributed by atoms with Crippen LogP contribution in [0.3, 0.4) is 0 Å². The lowest BCUT2D eigenvalue weighted by Gasteiger charge is -2.44. The van der Waals surface area contributed by atoms with Gasteiger partial charge >= 0.3 is 0 Å². The molecule has 0 aromatic heterocycles. The van der Waals surface area contributed by atoms with E-state index in [2.05, 4.69) is 30.4 Å². The number of amides is 2. The third-order valence-corrected chi connectivity index (χ3v) is 7.66. The molecule has 2 amide bonds. The molecule has 6 heteroatoms. The van der Waals surface area contributed by atoms with E-state index in [1.807, 2.05) is 60.4 Å². The monoisotopic (exact) mass is 538 g/mol. The first-order chi connectivity index (χ1) is 19.5. The second-order valence-corrected chi connectivity index (χ2v) is 10.6. The highest BCUT2D eigenvalue weighted by atomic mass is 16.5. The Labute approximate surface area is 237 Å². The van der Waals surface area contributed by atoms with Crippen molar-refractivity contribution in [1.82, 2.24) is 10.2 Å². The molecule has 1 aliphatic heterocycles. The van der Waals surface area contributed by atoms with Crippen molar-refractivity contribution in [2.24, 2.45) is 0 Å². The smallest absolute Gasteiger partial charge is 0.289 e. The first-order valence-corrected chi connectivity index (χ1v) is 14.3. The molecule has 5 rings (SSSR count). The van der Waals surface area contributed by atoms with Gasteiger partial charge < -0.3 is 19.7 Å². The molecule has 3 aromatic rings. The largest absolute Gasteiger partial charge is 0.494 e. The Morgan fingerprint density at radius 3 is 2.55 bits per heavy atom. The number of carbonyl (C=O) groups is 2. The van der Waals surface area contributed by atoms with E-state index in [1.165, 1.54) is 5.56 Å². The molecule has 2 unspecified atom stereocenters. The maximum atomic E-state index is 13.6. The Bertz CT molecular complexity index is 1350. The van der Waals surface area contributed by atoms with Crippen LogP contribution in [-0.2, 0) is 22.5 Å². The zero-order valence-corrected chi connectivity index (χ0v) is 23.4. The number of morpholine rings is 1. The van der Waals surface area contributed by atoms with Crippen LogP contribution in [0.15, 0.2) is 78.6 Å². The van der Waals surface area contributed by atoms with Crippen molar-refractivity contribution in [1.29, 1.82) is 0 Å². The summed E-state index contributed by atoms with van der Waals surface area (Å²) in [4.78, 5) is 28.3. The van der Waals surface area contributed by atoms with E-state index >= 15 is 0 Å². The number of carbonyl (C=O) groups excluding carboxylic acids is 2. The molecule has 1 saturated carbocycles. The molecule has 2 fully saturated rings. The summed E-state index contributed by atoms with van der Waals surface area (Å²) in [5, 5.41) is 2.99. The topological polar surface area (TPSA) is 67.9 Å². The molecule has 3 aromatic carbocycles. The Balaban J connectivity index is 1.22. The number of ether oxygens (including phenoxy) is 2. The van der Waals surface area contributed by atoms with Gasteiger partial charge in [0.15, 0.2) is 5.76 Å². The number of fused-ring (bicyclic) bond motifs is 1. The zero-order chi connectivity index (χ0) is 27.9. The molecule has 1 N–H and O–H groups in total. The van der Waals surface area contributed by atoms with Gasteiger partial charge in [-0.3, -0.25) is 9.59 Å². The summed E-state index contributed by atoms with van der Waals surface area (Å²) in [6, 6.07) is 23.7. The van der Waals surface area contributed by atoms with Crippen molar-refractivity contribution in [3.63, 3.8) is 0 Å². The van der Waals surface area contributed by atoms with Crippen molar-refractivity contribution in [3.05, 3.63) is 106 Å². The van der Waals surface area contributed by atoms with Crippen molar-refractivity contribution in [3.8, 4) is 5.75 Å². The standard InChI is InChI=1S/C34H38N2O4/c1-3-39-29-17-13-25(14-18-29)19-20-35-33(37)28-15-11-26(12-16-28)22-32-34(38)36(23-27-8-6-7-24(2)21-27)30-9-4-5-10-31(30)40-32/h6-8,11-18,21-22,30-31H,3-5,9-10,19-20,23H2,1-2H3,(H,35,37)/b32-22+. The number of benzene rings is 3. The van der Waals surface area contributed by atoms with Crippen LogP contribution in [0.2, 0.25) is 0 Å². The summed E-state index contributed by atoms with van der Waals surface area (Å²) in [7, 11) is 0. The van der Waals surface area contributed by atoms with Gasteiger partial charge in [-0.15, -0.1) is 0 Å². The van der Waals surface area contributed by atoms with E-state index < -0.39 is 0 Å². The summed E-state index contributed by atoms with van der Waals surface area (Å²) in [5.41, 5.74) is 4.88. The lowest BCUT2D eigenvalue weighted by atomic mass is 9.89. The van der Waals surface area contributed by atoms with E-state index in [0.717, 1.165) is 54.5 Å². The molecular formula is C34H38N2O4. The van der Waals surface area contributed by atoms with Crippen molar-refractivity contribution >= 4 is 17.9 Å². The van der Waals surface area contributed by atoms with Crippen molar-refractivity contribution in [2.45, 2.75) is 64.6 Å². The Morgan fingerprint density at radius 1 is 1.02 bits per heavy atom. The highest BCUT2D eigenvalue weighted by Gasteiger charge is 2.41. The molecule has 0 radical (unpaired) electrons. The fourth-order valence-electron chi connectivity index (χ4n) is 5.59. The normalized spacial score (nSPS) is 19.6. The van der Waals surface area contributed by atoms with Crippen LogP contribution < -0.4 is 10.1 Å². The van der Waals surface area contributed by atoms with Crippen LogP contribution in [0, 0.1) is 6.92 Å². The SMILES string of the molecule is CCOc1ccc(CCNC(=O)c2ccc(/C=C3/OC4CCCCC4N(Cc4cccc(C)c4)C3=O)cc2)cc1. The number of hydrogen-bond donors (Lipinski definition) is 1.